The normalized spacial score (nSPS) is 23.7. The first-order valence-electron chi connectivity index (χ1n) is 6.87. The van der Waals surface area contributed by atoms with Crippen LogP contribution in [0.5, 0.6) is 0 Å². The molecule has 20 heavy (non-hydrogen) atoms. The zero-order valence-electron chi connectivity index (χ0n) is 12.5. The molecular formula is C14H22N4O2. The molecule has 110 valence electrons. The number of anilines is 2. The highest BCUT2D eigenvalue weighted by atomic mass is 16.6. The molecule has 0 bridgehead atoms. The standard InChI is InChI=1S/C14H22N4O2/c1-10-8-17(9-11(2)16(10)4)13-7-5-6-12(15-3)14(13)18(19)20/h5-7,10-11,15H,8-9H2,1-4H3. The molecule has 0 aliphatic carbocycles. The van der Waals surface area contributed by atoms with Gasteiger partial charge in [0.2, 0.25) is 0 Å². The smallest absolute Gasteiger partial charge is 0.315 e. The third-order valence-electron chi connectivity index (χ3n) is 4.17. The summed E-state index contributed by atoms with van der Waals surface area (Å²) >= 11 is 0. The molecule has 1 aliphatic heterocycles. The lowest BCUT2D eigenvalue weighted by atomic mass is 10.1. The summed E-state index contributed by atoms with van der Waals surface area (Å²) in [5.41, 5.74) is 1.43. The van der Waals surface area contributed by atoms with Crippen LogP contribution >= 0.6 is 0 Å². The number of benzene rings is 1. The van der Waals surface area contributed by atoms with Gasteiger partial charge in [-0.2, -0.15) is 0 Å². The minimum Gasteiger partial charge on any atom is -0.382 e. The molecule has 1 aromatic rings. The Kier molecular flexibility index (Phi) is 4.13. The van der Waals surface area contributed by atoms with Crippen LogP contribution in [0, 0.1) is 10.1 Å². The topological polar surface area (TPSA) is 61.6 Å². The van der Waals surface area contributed by atoms with E-state index in [9.17, 15) is 10.1 Å². The van der Waals surface area contributed by atoms with Gasteiger partial charge in [0.25, 0.3) is 0 Å². The second-order valence-corrected chi connectivity index (χ2v) is 5.45. The minimum atomic E-state index is -0.297. The van der Waals surface area contributed by atoms with Crippen LogP contribution in [0.4, 0.5) is 17.1 Å². The largest absolute Gasteiger partial charge is 0.382 e. The first-order chi connectivity index (χ1) is 9.45. The number of hydrogen-bond acceptors (Lipinski definition) is 5. The van der Waals surface area contributed by atoms with Gasteiger partial charge >= 0.3 is 5.69 Å². The summed E-state index contributed by atoms with van der Waals surface area (Å²) in [6.45, 7) is 5.90. The number of likely N-dealkylation sites (N-methyl/N-ethyl adjacent to an activating group) is 1. The van der Waals surface area contributed by atoms with Gasteiger partial charge in [-0.15, -0.1) is 0 Å². The third kappa shape index (κ3) is 2.56. The number of nitro groups is 1. The van der Waals surface area contributed by atoms with Crippen LogP contribution in [0.25, 0.3) is 0 Å². The molecule has 0 saturated carbocycles. The molecule has 1 saturated heterocycles. The van der Waals surface area contributed by atoms with Crippen molar-refractivity contribution in [3.05, 3.63) is 28.3 Å². The molecule has 6 heteroatoms. The Morgan fingerprint density at radius 3 is 2.40 bits per heavy atom. The van der Waals surface area contributed by atoms with Gasteiger partial charge in [-0.05, 0) is 33.0 Å². The molecule has 1 aromatic carbocycles. The van der Waals surface area contributed by atoms with E-state index >= 15 is 0 Å². The second kappa shape index (κ2) is 5.66. The van der Waals surface area contributed by atoms with Crippen molar-refractivity contribution in [1.82, 2.24) is 4.90 Å². The fourth-order valence-electron chi connectivity index (χ4n) is 2.78. The Hall–Kier alpha value is -1.82. The van der Waals surface area contributed by atoms with E-state index in [4.69, 9.17) is 0 Å². The van der Waals surface area contributed by atoms with E-state index in [0.29, 0.717) is 23.5 Å². The zero-order valence-corrected chi connectivity index (χ0v) is 12.5. The molecule has 1 heterocycles. The van der Waals surface area contributed by atoms with Crippen molar-refractivity contribution in [3.8, 4) is 0 Å². The highest BCUT2D eigenvalue weighted by Crippen LogP contribution is 2.36. The Bertz CT molecular complexity index is 494. The van der Waals surface area contributed by atoms with Crippen molar-refractivity contribution in [2.24, 2.45) is 0 Å². The van der Waals surface area contributed by atoms with Gasteiger partial charge in [-0.25, -0.2) is 0 Å². The maximum Gasteiger partial charge on any atom is 0.315 e. The first-order valence-corrected chi connectivity index (χ1v) is 6.87. The van der Waals surface area contributed by atoms with Gasteiger partial charge in [-0.1, -0.05) is 6.07 Å². The summed E-state index contributed by atoms with van der Waals surface area (Å²) in [5, 5.41) is 14.3. The summed E-state index contributed by atoms with van der Waals surface area (Å²) in [4.78, 5) is 15.5. The van der Waals surface area contributed by atoms with E-state index in [2.05, 4.69) is 36.0 Å². The van der Waals surface area contributed by atoms with Crippen LogP contribution in [-0.2, 0) is 0 Å². The van der Waals surface area contributed by atoms with Gasteiger partial charge in [0.15, 0.2) is 0 Å². The Morgan fingerprint density at radius 2 is 1.90 bits per heavy atom. The average molecular weight is 278 g/mol. The monoisotopic (exact) mass is 278 g/mol. The van der Waals surface area contributed by atoms with Crippen molar-refractivity contribution in [2.75, 3.05) is 37.4 Å². The van der Waals surface area contributed by atoms with Crippen molar-refractivity contribution in [2.45, 2.75) is 25.9 Å². The number of rotatable bonds is 3. The van der Waals surface area contributed by atoms with Crippen LogP contribution in [0.15, 0.2) is 18.2 Å². The van der Waals surface area contributed by atoms with E-state index in [1.807, 2.05) is 12.1 Å². The first kappa shape index (κ1) is 14.6. The van der Waals surface area contributed by atoms with Crippen LogP contribution < -0.4 is 10.2 Å². The van der Waals surface area contributed by atoms with E-state index in [1.165, 1.54) is 0 Å². The lowest BCUT2D eigenvalue weighted by molar-refractivity contribution is -0.383. The number of nitro benzene ring substituents is 1. The second-order valence-electron chi connectivity index (χ2n) is 5.45. The summed E-state index contributed by atoms with van der Waals surface area (Å²) in [6.07, 6.45) is 0. The lowest BCUT2D eigenvalue weighted by Gasteiger charge is -2.43. The van der Waals surface area contributed by atoms with E-state index in [0.717, 1.165) is 13.1 Å². The molecule has 0 radical (unpaired) electrons. The Morgan fingerprint density at radius 1 is 1.30 bits per heavy atom. The molecule has 1 N–H and O–H groups in total. The molecule has 2 rings (SSSR count). The van der Waals surface area contributed by atoms with Gasteiger partial charge in [-0.3, -0.25) is 15.0 Å². The number of nitrogens with one attached hydrogen (secondary N) is 1. The quantitative estimate of drug-likeness (QED) is 0.678. The third-order valence-corrected chi connectivity index (χ3v) is 4.17. The van der Waals surface area contributed by atoms with Crippen molar-refractivity contribution in [1.29, 1.82) is 0 Å². The van der Waals surface area contributed by atoms with Gasteiger partial charge < -0.3 is 10.2 Å². The SMILES string of the molecule is CNc1cccc(N2CC(C)N(C)C(C)C2)c1[N+](=O)[O-]. The molecular weight excluding hydrogens is 256 g/mol. The predicted octanol–water partition coefficient (Wildman–Crippen LogP) is 2.17. The van der Waals surface area contributed by atoms with Gasteiger partial charge in [0, 0.05) is 32.2 Å². The number of piperazine rings is 1. The molecule has 0 amide bonds. The summed E-state index contributed by atoms with van der Waals surface area (Å²) < 4.78 is 0. The van der Waals surface area contributed by atoms with E-state index < -0.39 is 0 Å². The number of nitrogens with zero attached hydrogens (tertiary/aromatic N) is 3. The maximum absolute atomic E-state index is 11.4. The highest BCUT2D eigenvalue weighted by Gasteiger charge is 2.31. The van der Waals surface area contributed by atoms with E-state index in [1.54, 1.807) is 13.1 Å². The molecule has 1 fully saturated rings. The minimum absolute atomic E-state index is 0.166. The zero-order chi connectivity index (χ0) is 14.9. The number of para-hydroxylation sites is 1. The Labute approximate surface area is 119 Å². The molecule has 6 nitrogen and oxygen atoms in total. The lowest BCUT2D eigenvalue weighted by Crippen LogP contribution is -2.55. The average Bonchev–Trinajstić information content (AvgIpc) is 2.43. The van der Waals surface area contributed by atoms with Crippen molar-refractivity contribution >= 4 is 17.1 Å². The predicted molar refractivity (Wildman–Crippen MR) is 81.5 cm³/mol. The Balaban J connectivity index is 2.40. The maximum atomic E-state index is 11.4. The summed E-state index contributed by atoms with van der Waals surface area (Å²) in [5.74, 6) is 0. The molecule has 2 atom stereocenters. The van der Waals surface area contributed by atoms with Crippen LogP contribution in [-0.4, -0.2) is 49.1 Å². The molecule has 1 aliphatic rings. The molecule has 0 spiro atoms. The van der Waals surface area contributed by atoms with Crippen molar-refractivity contribution in [3.63, 3.8) is 0 Å². The number of hydrogen-bond donors (Lipinski definition) is 1. The fourth-order valence-corrected chi connectivity index (χ4v) is 2.78. The summed E-state index contributed by atoms with van der Waals surface area (Å²) in [6, 6.07) is 6.18. The van der Waals surface area contributed by atoms with Gasteiger partial charge in [0.1, 0.15) is 11.4 Å². The highest BCUT2D eigenvalue weighted by molar-refractivity contribution is 5.77. The van der Waals surface area contributed by atoms with Crippen molar-refractivity contribution < 1.29 is 4.92 Å². The fraction of sp³-hybridized carbons (Fsp3) is 0.571. The van der Waals surface area contributed by atoms with Crippen LogP contribution in [0.2, 0.25) is 0 Å². The summed E-state index contributed by atoms with van der Waals surface area (Å²) in [7, 11) is 3.81. The van der Waals surface area contributed by atoms with E-state index in [-0.39, 0.29) is 10.6 Å². The molecule has 2 unspecified atom stereocenters. The van der Waals surface area contributed by atoms with Crippen LogP contribution in [0.3, 0.4) is 0 Å². The van der Waals surface area contributed by atoms with Gasteiger partial charge in [0.05, 0.1) is 4.92 Å². The van der Waals surface area contributed by atoms with Crippen LogP contribution in [0.1, 0.15) is 13.8 Å². The molecule has 0 aromatic heterocycles.